The van der Waals surface area contributed by atoms with Crippen LogP contribution in [-0.2, 0) is 0 Å². The predicted octanol–water partition coefficient (Wildman–Crippen LogP) is 15.7. The monoisotopic (exact) mass is 762 g/mol. The molecule has 0 radical (unpaired) electrons. The molecule has 0 aliphatic rings. The van der Waals surface area contributed by atoms with Crippen LogP contribution < -0.4 is 0 Å². The second kappa shape index (κ2) is 13.9. The third kappa shape index (κ3) is 5.57. The fourth-order valence-corrected chi connectivity index (χ4v) is 9.42. The number of rotatable bonds is 6. The van der Waals surface area contributed by atoms with Crippen molar-refractivity contribution in [2.45, 2.75) is 0 Å². The maximum atomic E-state index is 2.43. The van der Waals surface area contributed by atoms with Crippen LogP contribution >= 0.6 is 0 Å². The number of fused-ring (bicyclic) bond motifs is 7. The van der Waals surface area contributed by atoms with E-state index in [-0.39, 0.29) is 0 Å². The zero-order valence-corrected chi connectivity index (χ0v) is 32.8. The van der Waals surface area contributed by atoms with E-state index in [9.17, 15) is 0 Å². The summed E-state index contributed by atoms with van der Waals surface area (Å²) in [5.74, 6) is 0. The highest BCUT2D eigenvalue weighted by molar-refractivity contribution is 6.14. The minimum Gasteiger partial charge on any atom is -0.309 e. The molecule has 60 heavy (non-hydrogen) atoms. The van der Waals surface area contributed by atoms with Gasteiger partial charge >= 0.3 is 0 Å². The topological polar surface area (TPSA) is 9.86 Å². The molecule has 0 fully saturated rings. The van der Waals surface area contributed by atoms with Gasteiger partial charge in [0.25, 0.3) is 0 Å². The lowest BCUT2D eigenvalue weighted by Crippen LogP contribution is -1.94. The van der Waals surface area contributed by atoms with Crippen molar-refractivity contribution < 1.29 is 0 Å². The van der Waals surface area contributed by atoms with E-state index in [1.54, 1.807) is 0 Å². The van der Waals surface area contributed by atoms with Gasteiger partial charge in [-0.05, 0) is 122 Å². The highest BCUT2D eigenvalue weighted by atomic mass is 15.0. The van der Waals surface area contributed by atoms with E-state index >= 15 is 0 Å². The van der Waals surface area contributed by atoms with Crippen LogP contribution in [0.15, 0.2) is 231 Å². The van der Waals surface area contributed by atoms with Gasteiger partial charge in [-0.1, -0.05) is 164 Å². The number of aromatic nitrogens is 2. The van der Waals surface area contributed by atoms with Gasteiger partial charge in [0.2, 0.25) is 0 Å². The Morgan fingerprint density at radius 3 is 1.17 bits per heavy atom. The highest BCUT2D eigenvalue weighted by Gasteiger charge is 2.18. The normalized spacial score (nSPS) is 11.7. The van der Waals surface area contributed by atoms with Gasteiger partial charge in [-0.25, -0.2) is 0 Å². The van der Waals surface area contributed by atoms with E-state index in [1.807, 2.05) is 0 Å². The quantitative estimate of drug-likeness (QED) is 0.160. The highest BCUT2D eigenvalue weighted by Crippen LogP contribution is 2.41. The van der Waals surface area contributed by atoms with Crippen LogP contribution in [0.3, 0.4) is 0 Å². The molecule has 0 saturated heterocycles. The van der Waals surface area contributed by atoms with Gasteiger partial charge in [0.15, 0.2) is 0 Å². The zero-order valence-electron chi connectivity index (χ0n) is 32.8. The van der Waals surface area contributed by atoms with Crippen LogP contribution in [0.25, 0.3) is 110 Å². The van der Waals surface area contributed by atoms with Crippen LogP contribution in [0.2, 0.25) is 0 Å². The molecule has 2 heteroatoms. The van der Waals surface area contributed by atoms with E-state index < -0.39 is 0 Å². The van der Waals surface area contributed by atoms with Crippen molar-refractivity contribution in [2.24, 2.45) is 0 Å². The minimum absolute atomic E-state index is 1.14. The molecule has 0 aliphatic carbocycles. The largest absolute Gasteiger partial charge is 0.309 e. The number of nitrogens with zero attached hydrogens (tertiary/aromatic N) is 2. The summed E-state index contributed by atoms with van der Waals surface area (Å²) in [6, 6.07) is 84.2. The van der Waals surface area contributed by atoms with E-state index in [0.29, 0.717) is 0 Å². The molecule has 280 valence electrons. The van der Waals surface area contributed by atoms with Crippen molar-refractivity contribution >= 4 is 54.4 Å². The lowest BCUT2D eigenvalue weighted by atomic mass is 9.96. The maximum Gasteiger partial charge on any atom is 0.0541 e. The number of hydrogen-bond acceptors (Lipinski definition) is 0. The van der Waals surface area contributed by atoms with E-state index in [0.717, 1.165) is 11.4 Å². The third-order valence-corrected chi connectivity index (χ3v) is 12.3. The Morgan fingerprint density at radius 1 is 0.217 bits per heavy atom. The van der Waals surface area contributed by atoms with Gasteiger partial charge in [0.1, 0.15) is 0 Å². The number of benzene rings is 10. The van der Waals surface area contributed by atoms with Crippen molar-refractivity contribution in [3.05, 3.63) is 231 Å². The van der Waals surface area contributed by atoms with Gasteiger partial charge in [-0.15, -0.1) is 0 Å². The molecule has 0 aliphatic heterocycles. The summed E-state index contributed by atoms with van der Waals surface area (Å²) in [5, 5.41) is 7.48. The summed E-state index contributed by atoms with van der Waals surface area (Å²) < 4.78 is 4.83. The second-order valence-corrected chi connectivity index (χ2v) is 15.7. The Balaban J connectivity index is 1.02. The first-order valence-corrected chi connectivity index (χ1v) is 20.7. The summed E-state index contributed by atoms with van der Waals surface area (Å²) in [6.45, 7) is 0. The first-order chi connectivity index (χ1) is 29.7. The lowest BCUT2D eigenvalue weighted by molar-refractivity contribution is 1.18. The molecule has 10 aromatic carbocycles. The van der Waals surface area contributed by atoms with Crippen molar-refractivity contribution in [3.63, 3.8) is 0 Å². The molecule has 0 saturated carbocycles. The maximum absolute atomic E-state index is 2.43. The standard InChI is InChI=1S/C58H38N2/c1-3-12-39(13-4-1)41-22-29-47(30-23-41)59-55-21-10-9-19-51(55)52-36-44(26-33-56(52)59)45-27-34-57-53(37-45)54-38-46(50-20-11-17-43-16-7-8-18-49(43)50)28-35-58(54)60(57)48-31-24-42(25-32-48)40-14-5-2-6-15-40/h1-38H. The van der Waals surface area contributed by atoms with Gasteiger partial charge in [0.05, 0.1) is 22.1 Å². The van der Waals surface area contributed by atoms with Crippen LogP contribution in [0.5, 0.6) is 0 Å². The number of hydrogen-bond donors (Lipinski definition) is 0. The molecule has 2 aromatic heterocycles. The molecule has 0 atom stereocenters. The summed E-state index contributed by atoms with van der Waals surface area (Å²) >= 11 is 0. The van der Waals surface area contributed by atoms with E-state index in [1.165, 1.54) is 98.9 Å². The predicted molar refractivity (Wildman–Crippen MR) is 254 cm³/mol. The fourth-order valence-electron chi connectivity index (χ4n) is 9.42. The molecule has 0 bridgehead atoms. The van der Waals surface area contributed by atoms with Crippen molar-refractivity contribution in [1.29, 1.82) is 0 Å². The summed E-state index contributed by atoms with van der Waals surface area (Å²) in [4.78, 5) is 0. The van der Waals surface area contributed by atoms with Crippen LogP contribution in [0.4, 0.5) is 0 Å². The first kappa shape index (κ1) is 34.1. The van der Waals surface area contributed by atoms with Gasteiger partial charge in [0, 0.05) is 32.9 Å². The number of para-hydroxylation sites is 1. The molecule has 12 aromatic rings. The van der Waals surface area contributed by atoms with Crippen molar-refractivity contribution in [1.82, 2.24) is 9.13 Å². The average Bonchev–Trinajstić information content (AvgIpc) is 3.84. The molecule has 0 unspecified atom stereocenters. The Morgan fingerprint density at radius 2 is 0.600 bits per heavy atom. The second-order valence-electron chi connectivity index (χ2n) is 15.7. The molecule has 0 N–H and O–H groups in total. The molecular formula is C58H38N2. The Labute approximate surface area is 348 Å². The smallest absolute Gasteiger partial charge is 0.0541 e. The third-order valence-electron chi connectivity index (χ3n) is 12.3. The summed E-state index contributed by atoms with van der Waals surface area (Å²) in [6.07, 6.45) is 0. The SMILES string of the molecule is c1ccc(-c2ccc(-n3c4ccccc4c4cc(-c5ccc6c(c5)c5cc(-c7cccc8ccccc78)ccc5n6-c5ccc(-c6ccccc6)cc5)ccc43)cc2)cc1. The summed E-state index contributed by atoms with van der Waals surface area (Å²) in [5.41, 5.74) is 16.8. The van der Waals surface area contributed by atoms with Crippen LogP contribution in [0, 0.1) is 0 Å². The van der Waals surface area contributed by atoms with Crippen molar-refractivity contribution in [3.8, 4) is 55.9 Å². The fraction of sp³-hybridized carbons (Fsp3) is 0. The van der Waals surface area contributed by atoms with Crippen LogP contribution in [-0.4, -0.2) is 9.13 Å². The molecule has 2 nitrogen and oxygen atoms in total. The van der Waals surface area contributed by atoms with E-state index in [2.05, 4.69) is 240 Å². The Kier molecular flexibility index (Phi) is 7.89. The van der Waals surface area contributed by atoms with Crippen LogP contribution in [0.1, 0.15) is 0 Å². The molecule has 0 amide bonds. The van der Waals surface area contributed by atoms with Gasteiger partial charge < -0.3 is 9.13 Å². The Hall–Kier alpha value is -7.94. The molecule has 0 spiro atoms. The molecule has 12 rings (SSSR count). The van der Waals surface area contributed by atoms with E-state index in [4.69, 9.17) is 0 Å². The molecule has 2 heterocycles. The van der Waals surface area contributed by atoms with Crippen molar-refractivity contribution in [2.75, 3.05) is 0 Å². The Bertz CT molecular complexity index is 3550. The minimum atomic E-state index is 1.14. The molecular weight excluding hydrogens is 725 g/mol. The zero-order chi connectivity index (χ0) is 39.6. The van der Waals surface area contributed by atoms with Gasteiger partial charge in [-0.3, -0.25) is 0 Å². The lowest BCUT2D eigenvalue weighted by Gasteiger charge is -2.11. The average molecular weight is 763 g/mol. The summed E-state index contributed by atoms with van der Waals surface area (Å²) in [7, 11) is 0. The van der Waals surface area contributed by atoms with Gasteiger partial charge in [-0.2, -0.15) is 0 Å². The first-order valence-electron chi connectivity index (χ1n) is 20.7.